The zero-order chi connectivity index (χ0) is 17.9. The SMILES string of the molecule is Nc1cnc(C2CCOC[C@H](c3ccc(C(F)(F)F)cc3)CC2)nc1. The fourth-order valence-electron chi connectivity index (χ4n) is 3.11. The predicted octanol–water partition coefficient (Wildman–Crippen LogP) is 4.15. The molecule has 0 aliphatic carbocycles. The molecule has 3 rings (SSSR count). The van der Waals surface area contributed by atoms with E-state index < -0.39 is 11.7 Å². The molecule has 2 aromatic rings. The van der Waals surface area contributed by atoms with Crippen LogP contribution >= 0.6 is 0 Å². The van der Waals surface area contributed by atoms with Gasteiger partial charge < -0.3 is 10.5 Å². The fourth-order valence-corrected chi connectivity index (χ4v) is 3.11. The topological polar surface area (TPSA) is 61.0 Å². The third-order valence-electron chi connectivity index (χ3n) is 4.56. The van der Waals surface area contributed by atoms with Crippen molar-refractivity contribution in [2.24, 2.45) is 0 Å². The summed E-state index contributed by atoms with van der Waals surface area (Å²) in [5.41, 5.74) is 6.38. The molecule has 4 nitrogen and oxygen atoms in total. The molecular formula is C18H20F3N3O. The molecule has 1 aliphatic heterocycles. The molecule has 7 heteroatoms. The first-order valence-corrected chi connectivity index (χ1v) is 8.26. The van der Waals surface area contributed by atoms with E-state index in [1.807, 2.05) is 0 Å². The number of aromatic nitrogens is 2. The average Bonchev–Trinajstić information content (AvgIpc) is 2.56. The van der Waals surface area contributed by atoms with Crippen molar-refractivity contribution < 1.29 is 17.9 Å². The maximum Gasteiger partial charge on any atom is 0.416 e. The Bertz CT molecular complexity index is 686. The van der Waals surface area contributed by atoms with Gasteiger partial charge in [0.2, 0.25) is 0 Å². The molecule has 1 aromatic heterocycles. The highest BCUT2D eigenvalue weighted by Gasteiger charge is 2.30. The minimum atomic E-state index is -4.31. The lowest BCUT2D eigenvalue weighted by Gasteiger charge is -2.25. The minimum Gasteiger partial charge on any atom is -0.396 e. The third kappa shape index (κ3) is 4.48. The highest BCUT2D eigenvalue weighted by molar-refractivity contribution is 5.30. The highest BCUT2D eigenvalue weighted by atomic mass is 19.4. The fraction of sp³-hybridized carbons (Fsp3) is 0.444. The molecule has 1 saturated heterocycles. The Balaban J connectivity index is 1.70. The summed E-state index contributed by atoms with van der Waals surface area (Å²) in [4.78, 5) is 8.59. The van der Waals surface area contributed by atoms with E-state index >= 15 is 0 Å². The van der Waals surface area contributed by atoms with Crippen LogP contribution in [-0.2, 0) is 10.9 Å². The van der Waals surface area contributed by atoms with Gasteiger partial charge in [-0.25, -0.2) is 9.97 Å². The second kappa shape index (κ2) is 7.39. The van der Waals surface area contributed by atoms with Crippen LogP contribution in [0.1, 0.15) is 48.0 Å². The zero-order valence-corrected chi connectivity index (χ0v) is 13.7. The van der Waals surface area contributed by atoms with Gasteiger partial charge in [-0.1, -0.05) is 12.1 Å². The minimum absolute atomic E-state index is 0.0684. The number of nitrogen functional groups attached to an aromatic ring is 1. The van der Waals surface area contributed by atoms with Crippen molar-refractivity contribution in [3.63, 3.8) is 0 Å². The number of ether oxygens (including phenoxy) is 1. The zero-order valence-electron chi connectivity index (χ0n) is 13.7. The Kier molecular flexibility index (Phi) is 5.22. The lowest BCUT2D eigenvalue weighted by molar-refractivity contribution is -0.137. The Morgan fingerprint density at radius 3 is 2.24 bits per heavy atom. The van der Waals surface area contributed by atoms with Gasteiger partial charge >= 0.3 is 6.18 Å². The van der Waals surface area contributed by atoms with Crippen LogP contribution in [-0.4, -0.2) is 23.2 Å². The Hall–Kier alpha value is -2.15. The van der Waals surface area contributed by atoms with Crippen LogP contribution in [0.5, 0.6) is 0 Å². The van der Waals surface area contributed by atoms with Crippen molar-refractivity contribution in [2.75, 3.05) is 18.9 Å². The van der Waals surface area contributed by atoms with Crippen LogP contribution in [0, 0.1) is 0 Å². The molecule has 1 fully saturated rings. The maximum atomic E-state index is 12.7. The molecule has 2 atom stereocenters. The normalized spacial score (nSPS) is 22.2. The van der Waals surface area contributed by atoms with Crippen molar-refractivity contribution in [1.82, 2.24) is 9.97 Å². The summed E-state index contributed by atoms with van der Waals surface area (Å²) < 4.78 is 43.8. The first-order valence-electron chi connectivity index (χ1n) is 8.26. The summed E-state index contributed by atoms with van der Waals surface area (Å²) in [6.45, 7) is 1.09. The van der Waals surface area contributed by atoms with E-state index in [2.05, 4.69) is 9.97 Å². The van der Waals surface area contributed by atoms with E-state index in [-0.39, 0.29) is 11.8 Å². The van der Waals surface area contributed by atoms with Crippen molar-refractivity contribution >= 4 is 5.69 Å². The standard InChI is InChI=1S/C18H20F3N3O/c19-18(20,21)15-5-3-12(4-6-15)14-2-1-13(7-8-25-11-14)17-23-9-16(22)10-24-17/h3-6,9-10,13-14H,1-2,7-8,11,22H2/t13?,14-/m1/s1. The molecule has 0 saturated carbocycles. The van der Waals surface area contributed by atoms with Crippen LogP contribution in [0.3, 0.4) is 0 Å². The number of benzene rings is 1. The van der Waals surface area contributed by atoms with Gasteiger partial charge in [-0.15, -0.1) is 0 Å². The molecule has 1 aliphatic rings. The first-order chi connectivity index (χ1) is 11.9. The molecule has 1 unspecified atom stereocenters. The monoisotopic (exact) mass is 351 g/mol. The van der Waals surface area contributed by atoms with Gasteiger partial charge in [0.25, 0.3) is 0 Å². The molecule has 25 heavy (non-hydrogen) atoms. The van der Waals surface area contributed by atoms with E-state index in [1.165, 1.54) is 0 Å². The van der Waals surface area contributed by atoms with Crippen LogP contribution in [0.4, 0.5) is 18.9 Å². The second-order valence-electron chi connectivity index (χ2n) is 6.33. The van der Waals surface area contributed by atoms with E-state index in [9.17, 15) is 13.2 Å². The van der Waals surface area contributed by atoms with Crippen molar-refractivity contribution in [3.8, 4) is 0 Å². The molecule has 0 amide bonds. The van der Waals surface area contributed by atoms with Gasteiger partial charge in [0.15, 0.2) is 0 Å². The average molecular weight is 351 g/mol. The van der Waals surface area contributed by atoms with Crippen LogP contribution < -0.4 is 5.73 Å². The molecular weight excluding hydrogens is 331 g/mol. The molecule has 0 radical (unpaired) electrons. The van der Waals surface area contributed by atoms with E-state index in [1.54, 1.807) is 24.5 Å². The number of hydrogen-bond acceptors (Lipinski definition) is 4. The number of alkyl halides is 3. The van der Waals surface area contributed by atoms with Gasteiger partial charge in [-0.05, 0) is 37.0 Å². The quantitative estimate of drug-likeness (QED) is 0.883. The summed E-state index contributed by atoms with van der Waals surface area (Å²) in [5.74, 6) is 0.975. The number of anilines is 1. The Morgan fingerprint density at radius 1 is 0.960 bits per heavy atom. The van der Waals surface area contributed by atoms with Gasteiger partial charge in [-0.3, -0.25) is 0 Å². The number of nitrogens with zero attached hydrogens (tertiary/aromatic N) is 2. The van der Waals surface area contributed by atoms with Gasteiger partial charge in [0.1, 0.15) is 5.82 Å². The van der Waals surface area contributed by atoms with Crippen LogP contribution in [0.15, 0.2) is 36.7 Å². The predicted molar refractivity (Wildman–Crippen MR) is 88.0 cm³/mol. The molecule has 2 N–H and O–H groups in total. The largest absolute Gasteiger partial charge is 0.416 e. The lowest BCUT2D eigenvalue weighted by Crippen LogP contribution is -2.17. The molecule has 1 aromatic carbocycles. The van der Waals surface area contributed by atoms with Crippen molar-refractivity contribution in [2.45, 2.75) is 37.3 Å². The smallest absolute Gasteiger partial charge is 0.396 e. The van der Waals surface area contributed by atoms with E-state index in [4.69, 9.17) is 10.5 Å². The summed E-state index contributed by atoms with van der Waals surface area (Å²) in [5, 5.41) is 0. The van der Waals surface area contributed by atoms with Crippen LogP contribution in [0.2, 0.25) is 0 Å². The number of halogens is 3. The molecule has 0 bridgehead atoms. The summed E-state index contributed by atoms with van der Waals surface area (Å²) >= 11 is 0. The highest BCUT2D eigenvalue weighted by Crippen LogP contribution is 2.34. The Morgan fingerprint density at radius 2 is 1.60 bits per heavy atom. The number of nitrogens with two attached hydrogens (primary N) is 1. The number of rotatable bonds is 2. The Labute approximate surface area is 144 Å². The van der Waals surface area contributed by atoms with Crippen LogP contribution in [0.25, 0.3) is 0 Å². The van der Waals surface area contributed by atoms with Crippen molar-refractivity contribution in [1.29, 1.82) is 0 Å². The summed E-state index contributed by atoms with van der Waals surface area (Å²) in [6, 6.07) is 5.36. The van der Waals surface area contributed by atoms with Gasteiger partial charge in [0, 0.05) is 18.4 Å². The maximum absolute atomic E-state index is 12.7. The molecule has 2 heterocycles. The number of hydrogen-bond donors (Lipinski definition) is 1. The third-order valence-corrected chi connectivity index (χ3v) is 4.56. The second-order valence-corrected chi connectivity index (χ2v) is 6.33. The summed E-state index contributed by atoms with van der Waals surface area (Å²) in [7, 11) is 0. The molecule has 134 valence electrons. The van der Waals surface area contributed by atoms with Gasteiger partial charge in [0.05, 0.1) is 30.3 Å². The first kappa shape index (κ1) is 17.7. The van der Waals surface area contributed by atoms with E-state index in [0.717, 1.165) is 42.8 Å². The van der Waals surface area contributed by atoms with E-state index in [0.29, 0.717) is 18.9 Å². The van der Waals surface area contributed by atoms with Crippen molar-refractivity contribution in [3.05, 3.63) is 53.6 Å². The lowest BCUT2D eigenvalue weighted by atomic mass is 9.88. The summed E-state index contributed by atoms with van der Waals surface area (Å²) in [6.07, 6.45) is 1.37. The molecule has 0 spiro atoms. The van der Waals surface area contributed by atoms with Gasteiger partial charge in [-0.2, -0.15) is 13.2 Å².